The van der Waals surface area contributed by atoms with Crippen molar-refractivity contribution < 1.29 is 33.8 Å². The van der Waals surface area contributed by atoms with Crippen LogP contribution in [-0.2, 0) is 28.7 Å². The van der Waals surface area contributed by atoms with Crippen molar-refractivity contribution in [3.05, 3.63) is 22.7 Å². The normalized spacial score (nSPS) is 34.0. The van der Waals surface area contributed by atoms with E-state index in [4.69, 9.17) is 9.47 Å². The van der Waals surface area contributed by atoms with Crippen molar-refractivity contribution in [1.29, 1.82) is 0 Å². The number of allylic oxidation sites excluding steroid dienone is 1. The minimum atomic E-state index is -1.36. The lowest BCUT2D eigenvalue weighted by molar-refractivity contribution is -0.159. The van der Waals surface area contributed by atoms with Crippen molar-refractivity contribution >= 4 is 39.6 Å². The van der Waals surface area contributed by atoms with E-state index in [-0.39, 0.29) is 62.2 Å². The Morgan fingerprint density at radius 2 is 1.83 bits per heavy atom. The fourth-order valence-corrected chi connectivity index (χ4v) is 7.84. The second-order valence-corrected chi connectivity index (χ2v) is 14.4. The maximum absolute atomic E-state index is 14.8. The first-order chi connectivity index (χ1) is 19.1. The van der Waals surface area contributed by atoms with Gasteiger partial charge in [-0.15, -0.1) is 0 Å². The highest BCUT2D eigenvalue weighted by Gasteiger charge is 2.75. The molecule has 10 nitrogen and oxygen atoms in total. The highest BCUT2D eigenvalue weighted by Crippen LogP contribution is 2.59. The number of rotatable bonds is 5. The van der Waals surface area contributed by atoms with E-state index in [0.29, 0.717) is 17.3 Å². The molecule has 0 saturated carbocycles. The van der Waals surface area contributed by atoms with Crippen LogP contribution in [0.2, 0.25) is 0 Å². The Morgan fingerprint density at radius 1 is 1.12 bits per heavy atom. The van der Waals surface area contributed by atoms with Gasteiger partial charge in [0.05, 0.1) is 12.5 Å². The Hall–Kier alpha value is -2.24. The summed E-state index contributed by atoms with van der Waals surface area (Å²) < 4.78 is 12.8. The number of hydrogen-bond donors (Lipinski definition) is 2. The zero-order valence-corrected chi connectivity index (χ0v) is 26.5. The Balaban J connectivity index is 1.83. The standard InChI is InChI=1S/C30H44BrN3O7/c1-18-16-32-20(36)11-8-7-9-13-34(29(5,6)17-28(2,3)4)26(38)24-30-15-19(31)23(41-30)21(27(39)40-18)22(30)25(37)33(24)12-10-14-35/h7,9,15,18,21-24,35H,8,10-14,16-17H2,1-6H3,(H,32,36)/b9-7-/t18-,21+,22-,23+,24+,30-/m0/s1. The number of ether oxygens (including phenoxy) is 2. The lowest BCUT2D eigenvalue weighted by Crippen LogP contribution is -2.60. The van der Waals surface area contributed by atoms with Gasteiger partial charge >= 0.3 is 5.97 Å². The number of esters is 1. The maximum atomic E-state index is 14.8. The molecule has 4 aliphatic rings. The number of aliphatic hydroxyl groups excluding tert-OH is 1. The molecule has 2 fully saturated rings. The smallest absolute Gasteiger partial charge is 0.313 e. The molecule has 4 heterocycles. The van der Waals surface area contributed by atoms with Crippen LogP contribution in [0.4, 0.5) is 0 Å². The lowest BCUT2D eigenvalue weighted by atomic mass is 9.74. The summed E-state index contributed by atoms with van der Waals surface area (Å²) in [6.07, 6.45) is 5.91. The fourth-order valence-electron chi connectivity index (χ4n) is 7.10. The molecule has 2 N–H and O–H groups in total. The van der Waals surface area contributed by atoms with Gasteiger partial charge in [-0.05, 0) is 51.5 Å². The number of likely N-dealkylation sites (tertiary alicyclic amines) is 1. The van der Waals surface area contributed by atoms with E-state index in [9.17, 15) is 24.3 Å². The topological polar surface area (TPSA) is 125 Å². The summed E-state index contributed by atoms with van der Waals surface area (Å²) in [5, 5.41) is 12.4. The molecule has 0 aromatic carbocycles. The lowest BCUT2D eigenvalue weighted by Gasteiger charge is -2.45. The average Bonchev–Trinajstić information content (AvgIpc) is 3.44. The van der Waals surface area contributed by atoms with Crippen LogP contribution in [0.1, 0.15) is 67.2 Å². The minimum Gasteiger partial charge on any atom is -0.460 e. The second-order valence-electron chi connectivity index (χ2n) is 13.5. The predicted octanol–water partition coefficient (Wildman–Crippen LogP) is 2.68. The van der Waals surface area contributed by atoms with Gasteiger partial charge in [0.25, 0.3) is 0 Å². The molecule has 5 bridgehead atoms. The van der Waals surface area contributed by atoms with Crippen LogP contribution in [0.25, 0.3) is 0 Å². The molecular formula is C30H44BrN3O7. The molecule has 0 aromatic rings. The van der Waals surface area contributed by atoms with Crippen molar-refractivity contribution in [3.63, 3.8) is 0 Å². The number of nitrogens with one attached hydrogen (secondary N) is 1. The molecule has 4 rings (SSSR count). The molecule has 2 saturated heterocycles. The number of carbonyl (C=O) groups excluding carboxylic acids is 4. The summed E-state index contributed by atoms with van der Waals surface area (Å²) in [6, 6.07) is -1.02. The third-order valence-electron chi connectivity index (χ3n) is 8.35. The van der Waals surface area contributed by atoms with Crippen molar-refractivity contribution in [2.75, 3.05) is 26.2 Å². The zero-order chi connectivity index (χ0) is 30.3. The monoisotopic (exact) mass is 637 g/mol. The molecular weight excluding hydrogens is 594 g/mol. The van der Waals surface area contributed by atoms with Crippen LogP contribution in [0.15, 0.2) is 22.7 Å². The first-order valence-corrected chi connectivity index (χ1v) is 15.3. The summed E-state index contributed by atoms with van der Waals surface area (Å²) in [6.45, 7) is 12.5. The summed E-state index contributed by atoms with van der Waals surface area (Å²) in [4.78, 5) is 58.2. The Labute approximate surface area is 251 Å². The van der Waals surface area contributed by atoms with E-state index in [0.717, 1.165) is 0 Å². The molecule has 0 aliphatic carbocycles. The highest BCUT2D eigenvalue weighted by molar-refractivity contribution is 9.11. The minimum absolute atomic E-state index is 0.0984. The molecule has 0 unspecified atom stereocenters. The number of cyclic esters (lactones) is 1. The first kappa shape index (κ1) is 31.7. The molecule has 11 heteroatoms. The number of halogens is 1. The average molecular weight is 639 g/mol. The highest BCUT2D eigenvalue weighted by atomic mass is 79.9. The fraction of sp³-hybridized carbons (Fsp3) is 0.733. The van der Waals surface area contributed by atoms with Crippen LogP contribution < -0.4 is 5.32 Å². The van der Waals surface area contributed by atoms with Crippen LogP contribution in [0.3, 0.4) is 0 Å². The third kappa shape index (κ3) is 6.13. The first-order valence-electron chi connectivity index (χ1n) is 14.5. The molecule has 1 spiro atoms. The van der Waals surface area contributed by atoms with Crippen LogP contribution in [-0.4, -0.2) is 94.2 Å². The predicted molar refractivity (Wildman–Crippen MR) is 156 cm³/mol. The van der Waals surface area contributed by atoms with Gasteiger partial charge < -0.3 is 29.7 Å². The van der Waals surface area contributed by atoms with E-state index in [2.05, 4.69) is 42.0 Å². The van der Waals surface area contributed by atoms with Gasteiger partial charge in [-0.3, -0.25) is 19.2 Å². The van der Waals surface area contributed by atoms with E-state index >= 15 is 0 Å². The summed E-state index contributed by atoms with van der Waals surface area (Å²) in [7, 11) is 0. The molecule has 228 valence electrons. The second kappa shape index (κ2) is 11.8. The molecule has 4 aliphatic heterocycles. The van der Waals surface area contributed by atoms with Gasteiger partial charge in [-0.1, -0.05) is 48.9 Å². The van der Waals surface area contributed by atoms with Gasteiger partial charge in [-0.2, -0.15) is 0 Å². The van der Waals surface area contributed by atoms with Crippen LogP contribution in [0, 0.1) is 17.3 Å². The number of hydrogen-bond acceptors (Lipinski definition) is 7. The number of aliphatic hydroxyl groups is 1. The Morgan fingerprint density at radius 3 is 2.49 bits per heavy atom. The maximum Gasteiger partial charge on any atom is 0.313 e. The van der Waals surface area contributed by atoms with Crippen molar-refractivity contribution in [2.24, 2.45) is 17.3 Å². The molecule has 3 amide bonds. The SMILES string of the molecule is C[C@H]1CNC(=O)CC/C=C\CN(C(C)(C)CC(C)(C)C)C(=O)[C@H]2N(CCCO)C(=O)[C@@H]3[C@@H](C(=O)O1)[C@@H]1O[C@@]32C=C1Br. The zero-order valence-electron chi connectivity index (χ0n) is 24.9. The molecule has 0 radical (unpaired) electrons. The quantitative estimate of drug-likeness (QED) is 0.351. The van der Waals surface area contributed by atoms with Crippen molar-refractivity contribution in [3.8, 4) is 0 Å². The van der Waals surface area contributed by atoms with Crippen LogP contribution in [0.5, 0.6) is 0 Å². The Bertz CT molecular complexity index is 1130. The largest absolute Gasteiger partial charge is 0.460 e. The van der Waals surface area contributed by atoms with E-state index in [1.54, 1.807) is 17.9 Å². The third-order valence-corrected chi connectivity index (χ3v) is 9.03. The van der Waals surface area contributed by atoms with Gasteiger partial charge in [0.15, 0.2) is 0 Å². The van der Waals surface area contributed by atoms with Gasteiger partial charge in [0.2, 0.25) is 17.7 Å². The number of fused-ring (bicyclic) bond motifs is 2. The van der Waals surface area contributed by atoms with E-state index in [1.165, 1.54) is 4.90 Å². The number of nitrogens with zero attached hydrogens (tertiary/aromatic N) is 2. The van der Waals surface area contributed by atoms with Crippen molar-refractivity contribution in [2.45, 2.75) is 96.6 Å². The summed E-state index contributed by atoms with van der Waals surface area (Å²) in [5.74, 6) is -3.31. The van der Waals surface area contributed by atoms with E-state index < -0.39 is 47.2 Å². The number of amides is 3. The van der Waals surface area contributed by atoms with Gasteiger partial charge in [0, 0.05) is 36.1 Å². The van der Waals surface area contributed by atoms with Gasteiger partial charge in [-0.25, -0.2) is 0 Å². The molecule has 41 heavy (non-hydrogen) atoms. The van der Waals surface area contributed by atoms with E-state index in [1.807, 2.05) is 26.0 Å². The summed E-state index contributed by atoms with van der Waals surface area (Å²) in [5.41, 5.74) is -2.06. The number of carbonyl (C=O) groups is 4. The molecule has 0 aromatic heterocycles. The van der Waals surface area contributed by atoms with Crippen LogP contribution >= 0.6 is 15.9 Å². The Kier molecular flexibility index (Phi) is 9.12. The molecule has 6 atom stereocenters. The summed E-state index contributed by atoms with van der Waals surface area (Å²) >= 11 is 3.55. The van der Waals surface area contributed by atoms with Crippen molar-refractivity contribution in [1.82, 2.24) is 15.1 Å². The van der Waals surface area contributed by atoms with Gasteiger partial charge in [0.1, 0.15) is 29.8 Å².